The first-order chi connectivity index (χ1) is 12.8. The first-order valence-corrected chi connectivity index (χ1v) is 11.8. The van der Waals surface area contributed by atoms with Crippen LogP contribution in [0.5, 0.6) is 0 Å². The van der Waals surface area contributed by atoms with Crippen molar-refractivity contribution in [1.29, 1.82) is 0 Å². The third kappa shape index (κ3) is 5.08. The second-order valence-corrected chi connectivity index (χ2v) is 9.05. The molecule has 3 rings (SSSR count). The maximum Gasteiger partial charge on any atom is 0.412 e. The third-order valence-corrected chi connectivity index (χ3v) is 6.35. The second-order valence-electron chi connectivity index (χ2n) is 6.55. The molecule has 0 unspecified atom stereocenters. The average Bonchev–Trinajstić information content (AvgIpc) is 2.68. The van der Waals surface area contributed by atoms with Crippen LogP contribution in [0.3, 0.4) is 0 Å². The van der Waals surface area contributed by atoms with Crippen molar-refractivity contribution in [2.75, 3.05) is 4.30 Å². The summed E-state index contributed by atoms with van der Waals surface area (Å²) in [7, 11) is 0. The third-order valence-electron chi connectivity index (χ3n) is 4.49. The standard InChI is InChI=1S/C14H12N.C8H10N.CH3.Al/c1-12-7-5-6-8-13(12)11-15-14-9-3-2-4-10-14;1-2-7-5-3-4-6-8(7)9;;/h2-11H,1H2;3-6,9H,2H2,1H3;1H3;/q;-1;;+1. The molecule has 0 fully saturated rings. The monoisotopic (exact) mass is 356 g/mol. The number of anilines is 1. The number of aliphatic imine (C=N–C) groups is 1. The van der Waals surface area contributed by atoms with Crippen LogP contribution in [0.25, 0.3) is 0 Å². The highest BCUT2D eigenvalue weighted by atomic mass is 27.2. The van der Waals surface area contributed by atoms with Crippen LogP contribution in [0.4, 0.5) is 11.4 Å². The van der Waals surface area contributed by atoms with Crippen molar-refractivity contribution in [2.45, 2.75) is 24.4 Å². The van der Waals surface area contributed by atoms with Gasteiger partial charge in [0.05, 0.1) is 5.69 Å². The molecule has 0 aliphatic rings. The lowest BCUT2D eigenvalue weighted by molar-refractivity contribution is 1.14. The normalized spacial score (nSPS) is 10.8. The Morgan fingerprint density at radius 2 is 1.50 bits per heavy atom. The smallest absolute Gasteiger partial charge is 0.412 e. The van der Waals surface area contributed by atoms with Gasteiger partial charge in [-0.1, -0.05) is 78.9 Å². The summed E-state index contributed by atoms with van der Waals surface area (Å²) in [4.78, 5) is 4.63. The van der Waals surface area contributed by atoms with Crippen LogP contribution in [0.15, 0.2) is 83.9 Å². The summed E-state index contributed by atoms with van der Waals surface area (Å²) in [6.45, 7) is 2.21. The van der Waals surface area contributed by atoms with E-state index in [4.69, 9.17) is 0 Å². The maximum atomic E-state index is 4.63. The lowest BCUT2D eigenvalue weighted by Gasteiger charge is -2.15. The van der Waals surface area contributed by atoms with Crippen molar-refractivity contribution in [3.63, 3.8) is 0 Å². The molecule has 0 atom stereocenters. The summed E-state index contributed by atoms with van der Waals surface area (Å²) in [6, 6.07) is 27.3. The summed E-state index contributed by atoms with van der Waals surface area (Å²) in [5.41, 5.74) is 6.26. The van der Waals surface area contributed by atoms with Gasteiger partial charge in [-0.05, 0) is 41.0 Å². The van der Waals surface area contributed by atoms with Crippen molar-refractivity contribution in [3.8, 4) is 0 Å². The molecule has 0 saturated heterocycles. The molecule has 3 aromatic carbocycles. The Kier molecular flexibility index (Phi) is 6.66. The molecular formula is C23H25AlN2. The second kappa shape index (κ2) is 9.38. The molecule has 0 radical (unpaired) electrons. The SMILES string of the molecule is CCc1ccccc1[NH][Al]([CH3])[CH2]c1ccccc1C=Nc1ccccc1. The maximum absolute atomic E-state index is 4.63. The first kappa shape index (κ1) is 18.5. The summed E-state index contributed by atoms with van der Waals surface area (Å²) in [5, 5.41) is 1.09. The minimum atomic E-state index is -1.14. The van der Waals surface area contributed by atoms with E-state index in [0.29, 0.717) is 0 Å². The first-order valence-electron chi connectivity index (χ1n) is 9.27. The van der Waals surface area contributed by atoms with E-state index in [-0.39, 0.29) is 0 Å². The lowest BCUT2D eigenvalue weighted by atomic mass is 10.1. The molecule has 0 heterocycles. The van der Waals surface area contributed by atoms with Crippen LogP contribution in [-0.4, -0.2) is 20.6 Å². The molecule has 1 N–H and O–H groups in total. The molecule has 0 aliphatic heterocycles. The fourth-order valence-corrected chi connectivity index (χ4v) is 5.07. The van der Waals surface area contributed by atoms with Crippen LogP contribution in [0.2, 0.25) is 5.79 Å². The minimum absolute atomic E-state index is 0.989. The molecule has 0 bridgehead atoms. The molecule has 130 valence electrons. The Labute approximate surface area is 161 Å². The van der Waals surface area contributed by atoms with E-state index in [1.165, 1.54) is 22.4 Å². The van der Waals surface area contributed by atoms with E-state index in [1.54, 1.807) is 0 Å². The van der Waals surface area contributed by atoms with Gasteiger partial charge < -0.3 is 4.30 Å². The van der Waals surface area contributed by atoms with Crippen molar-refractivity contribution in [2.24, 2.45) is 4.99 Å². The number of hydrogen-bond acceptors (Lipinski definition) is 2. The Balaban J connectivity index is 1.72. The zero-order chi connectivity index (χ0) is 18.2. The number of nitrogens with one attached hydrogen (secondary N) is 1. The van der Waals surface area contributed by atoms with Gasteiger partial charge in [0, 0.05) is 11.9 Å². The molecule has 0 aliphatic carbocycles. The summed E-state index contributed by atoms with van der Waals surface area (Å²) >= 11 is -1.14. The highest BCUT2D eigenvalue weighted by molar-refractivity contribution is 6.60. The fraction of sp³-hybridized carbons (Fsp3) is 0.174. The van der Waals surface area contributed by atoms with Gasteiger partial charge in [-0.2, -0.15) is 0 Å². The van der Waals surface area contributed by atoms with E-state index in [0.717, 1.165) is 17.4 Å². The predicted molar refractivity (Wildman–Crippen MR) is 115 cm³/mol. The highest BCUT2D eigenvalue weighted by Crippen LogP contribution is 2.18. The van der Waals surface area contributed by atoms with Gasteiger partial charge in [-0.3, -0.25) is 4.99 Å². The van der Waals surface area contributed by atoms with Crippen molar-refractivity contribution < 1.29 is 0 Å². The number of benzene rings is 3. The van der Waals surface area contributed by atoms with E-state index in [9.17, 15) is 0 Å². The number of para-hydroxylation sites is 2. The van der Waals surface area contributed by atoms with Gasteiger partial charge in [-0.25, -0.2) is 0 Å². The van der Waals surface area contributed by atoms with Gasteiger partial charge in [0.1, 0.15) is 0 Å². The topological polar surface area (TPSA) is 24.4 Å². The van der Waals surface area contributed by atoms with E-state index in [1.807, 2.05) is 36.5 Å². The van der Waals surface area contributed by atoms with Crippen LogP contribution in [-0.2, 0) is 11.7 Å². The Hall–Kier alpha value is -2.34. The minimum Gasteiger partial charge on any atom is -0.476 e. The molecule has 0 aromatic heterocycles. The molecule has 3 heteroatoms. The fourth-order valence-electron chi connectivity index (χ4n) is 3.12. The number of hydrogen-bond donors (Lipinski definition) is 1. The molecule has 3 aromatic rings. The van der Waals surface area contributed by atoms with Gasteiger partial charge >= 0.3 is 14.4 Å². The van der Waals surface area contributed by atoms with Crippen molar-refractivity contribution in [3.05, 3.63) is 95.6 Å². The Morgan fingerprint density at radius 3 is 2.27 bits per heavy atom. The summed E-state index contributed by atoms with van der Waals surface area (Å²) < 4.78 is 3.81. The largest absolute Gasteiger partial charge is 0.476 e. The Bertz CT molecular complexity index is 859. The lowest BCUT2D eigenvalue weighted by Crippen LogP contribution is -2.25. The van der Waals surface area contributed by atoms with Gasteiger partial charge in [0.15, 0.2) is 0 Å². The van der Waals surface area contributed by atoms with Crippen LogP contribution in [0, 0.1) is 0 Å². The zero-order valence-electron chi connectivity index (χ0n) is 15.5. The van der Waals surface area contributed by atoms with Gasteiger partial charge in [0.25, 0.3) is 0 Å². The molecule has 2 nitrogen and oxygen atoms in total. The van der Waals surface area contributed by atoms with Gasteiger partial charge in [-0.15, -0.1) is 0 Å². The average molecular weight is 356 g/mol. The predicted octanol–water partition coefficient (Wildman–Crippen LogP) is 5.81. The summed E-state index contributed by atoms with van der Waals surface area (Å²) in [5.74, 6) is 2.37. The zero-order valence-corrected chi connectivity index (χ0v) is 16.7. The molecule has 0 amide bonds. The van der Waals surface area contributed by atoms with Gasteiger partial charge in [0.2, 0.25) is 0 Å². The van der Waals surface area contributed by atoms with Crippen LogP contribution < -0.4 is 4.30 Å². The Morgan fingerprint density at radius 1 is 0.846 bits per heavy atom. The summed E-state index contributed by atoms with van der Waals surface area (Å²) in [6.07, 6.45) is 3.05. The quantitative estimate of drug-likeness (QED) is 0.419. The number of nitrogens with zero attached hydrogens (tertiary/aromatic N) is 1. The molecular weight excluding hydrogens is 331 g/mol. The molecule has 0 spiro atoms. The van der Waals surface area contributed by atoms with Crippen LogP contribution in [0.1, 0.15) is 23.6 Å². The van der Waals surface area contributed by atoms with Crippen LogP contribution >= 0.6 is 0 Å². The van der Waals surface area contributed by atoms with Crippen molar-refractivity contribution in [1.82, 2.24) is 0 Å². The highest BCUT2D eigenvalue weighted by Gasteiger charge is 2.15. The van der Waals surface area contributed by atoms with E-state index < -0.39 is 14.4 Å². The number of aryl methyl sites for hydroxylation is 1. The molecule has 26 heavy (non-hydrogen) atoms. The van der Waals surface area contributed by atoms with Crippen molar-refractivity contribution >= 4 is 32.0 Å². The van der Waals surface area contributed by atoms with E-state index in [2.05, 4.69) is 70.5 Å². The van der Waals surface area contributed by atoms with E-state index >= 15 is 0 Å². The molecule has 0 saturated carbocycles. The number of rotatable bonds is 7.